The van der Waals surface area contributed by atoms with Crippen molar-refractivity contribution < 1.29 is 14.3 Å². The average Bonchev–Trinajstić information content (AvgIpc) is 3.16. The Morgan fingerprint density at radius 3 is 2.71 bits per heavy atom. The number of amides is 2. The minimum absolute atomic E-state index is 0.119. The molecule has 1 aromatic carbocycles. The largest absolute Gasteiger partial charge is 0.478 e. The number of anilines is 1. The van der Waals surface area contributed by atoms with E-state index in [2.05, 4.69) is 20.3 Å². The maximum atomic E-state index is 13.1. The highest BCUT2D eigenvalue weighted by atomic mass is 35.5. The van der Waals surface area contributed by atoms with Crippen molar-refractivity contribution in [3.63, 3.8) is 0 Å². The normalized spacial score (nSPS) is 13.5. The second-order valence-electron chi connectivity index (χ2n) is 7.48. The molecule has 0 fully saturated rings. The first-order chi connectivity index (χ1) is 14.8. The predicted octanol–water partition coefficient (Wildman–Crippen LogP) is 3.58. The molecule has 3 aromatic rings. The van der Waals surface area contributed by atoms with E-state index in [1.807, 2.05) is 0 Å². The summed E-state index contributed by atoms with van der Waals surface area (Å²) >= 11 is 7.27. The summed E-state index contributed by atoms with van der Waals surface area (Å²) < 4.78 is 5.93. The Kier molecular flexibility index (Phi) is 5.88. The SMILES string of the molecule is CC(C)(Oc1ccc(Cl)cc1)C(=O)N1CCc2nc(NC(=O)c3cnccn3)sc2C1. The lowest BCUT2D eigenvalue weighted by Crippen LogP contribution is -2.50. The van der Waals surface area contributed by atoms with E-state index in [0.29, 0.717) is 35.4 Å². The van der Waals surface area contributed by atoms with Gasteiger partial charge in [-0.2, -0.15) is 0 Å². The second kappa shape index (κ2) is 8.60. The lowest BCUT2D eigenvalue weighted by atomic mass is 10.1. The maximum absolute atomic E-state index is 13.1. The number of benzene rings is 1. The van der Waals surface area contributed by atoms with Gasteiger partial charge in [-0.1, -0.05) is 22.9 Å². The van der Waals surface area contributed by atoms with E-state index in [-0.39, 0.29) is 17.5 Å². The highest BCUT2D eigenvalue weighted by molar-refractivity contribution is 7.15. The van der Waals surface area contributed by atoms with E-state index >= 15 is 0 Å². The predicted molar refractivity (Wildman–Crippen MR) is 117 cm³/mol. The van der Waals surface area contributed by atoms with E-state index in [0.717, 1.165) is 10.6 Å². The fourth-order valence-electron chi connectivity index (χ4n) is 3.22. The number of nitrogens with zero attached hydrogens (tertiary/aromatic N) is 4. The molecule has 10 heteroatoms. The standard InChI is InChI=1S/C21H20ClN5O3S/c1-21(2,30-14-5-3-13(22)4-6-14)19(29)27-10-7-15-17(12-27)31-20(25-15)26-18(28)16-11-23-8-9-24-16/h3-6,8-9,11H,7,10,12H2,1-2H3,(H,25,26,28). The molecule has 0 radical (unpaired) electrons. The first-order valence-corrected chi connectivity index (χ1v) is 10.8. The van der Waals surface area contributed by atoms with Gasteiger partial charge in [-0.3, -0.25) is 19.9 Å². The van der Waals surface area contributed by atoms with Gasteiger partial charge in [0.1, 0.15) is 11.4 Å². The number of ether oxygens (including phenoxy) is 1. The van der Waals surface area contributed by atoms with Crippen LogP contribution in [-0.4, -0.2) is 43.8 Å². The molecule has 0 unspecified atom stereocenters. The van der Waals surface area contributed by atoms with E-state index in [9.17, 15) is 9.59 Å². The Morgan fingerprint density at radius 2 is 2.00 bits per heavy atom. The van der Waals surface area contributed by atoms with E-state index in [4.69, 9.17) is 16.3 Å². The molecular weight excluding hydrogens is 438 g/mol. The van der Waals surface area contributed by atoms with Crippen molar-refractivity contribution in [2.24, 2.45) is 0 Å². The van der Waals surface area contributed by atoms with Gasteiger partial charge in [0.15, 0.2) is 10.7 Å². The number of fused-ring (bicyclic) bond motifs is 1. The summed E-state index contributed by atoms with van der Waals surface area (Å²) in [6, 6.07) is 6.92. The lowest BCUT2D eigenvalue weighted by Gasteiger charge is -2.34. The van der Waals surface area contributed by atoms with Crippen molar-refractivity contribution in [3.8, 4) is 5.75 Å². The molecule has 0 atom stereocenters. The van der Waals surface area contributed by atoms with Crippen LogP contribution in [0.5, 0.6) is 5.75 Å². The van der Waals surface area contributed by atoms with Crippen LogP contribution in [0, 0.1) is 0 Å². The third-order valence-electron chi connectivity index (χ3n) is 4.74. The van der Waals surface area contributed by atoms with Gasteiger partial charge < -0.3 is 9.64 Å². The highest BCUT2D eigenvalue weighted by Gasteiger charge is 2.36. The fraction of sp³-hybridized carbons (Fsp3) is 0.286. The molecule has 8 nitrogen and oxygen atoms in total. The number of carbonyl (C=O) groups excluding carboxylic acids is 2. The molecule has 2 amide bonds. The minimum atomic E-state index is -1.04. The Bertz CT molecular complexity index is 1100. The molecule has 0 bridgehead atoms. The number of nitrogens with one attached hydrogen (secondary N) is 1. The van der Waals surface area contributed by atoms with Crippen LogP contribution in [-0.2, 0) is 17.8 Å². The number of thiazole rings is 1. The van der Waals surface area contributed by atoms with Gasteiger partial charge in [-0.15, -0.1) is 0 Å². The van der Waals surface area contributed by atoms with E-state index < -0.39 is 5.60 Å². The summed E-state index contributed by atoms with van der Waals surface area (Å²) in [5, 5.41) is 3.84. The molecular formula is C21H20ClN5O3S. The van der Waals surface area contributed by atoms with Crippen molar-refractivity contribution in [2.45, 2.75) is 32.4 Å². The van der Waals surface area contributed by atoms with Crippen molar-refractivity contribution in [1.82, 2.24) is 19.9 Å². The van der Waals surface area contributed by atoms with Crippen molar-refractivity contribution in [1.29, 1.82) is 0 Å². The minimum Gasteiger partial charge on any atom is -0.478 e. The molecule has 4 rings (SSSR count). The molecule has 1 N–H and O–H groups in total. The van der Waals surface area contributed by atoms with E-state index in [1.165, 1.54) is 29.9 Å². The van der Waals surface area contributed by atoms with Crippen LogP contribution < -0.4 is 10.1 Å². The summed E-state index contributed by atoms with van der Waals surface area (Å²) in [5.74, 6) is 0.0866. The molecule has 2 aromatic heterocycles. The van der Waals surface area contributed by atoms with Gasteiger partial charge in [0.2, 0.25) is 0 Å². The van der Waals surface area contributed by atoms with Crippen molar-refractivity contribution >= 4 is 39.9 Å². The van der Waals surface area contributed by atoms with Gasteiger partial charge in [0, 0.05) is 35.3 Å². The smallest absolute Gasteiger partial charge is 0.277 e. The summed E-state index contributed by atoms with van der Waals surface area (Å²) in [6.45, 7) is 4.44. The summed E-state index contributed by atoms with van der Waals surface area (Å²) in [5.41, 5.74) is 0.0625. The van der Waals surface area contributed by atoms with Crippen LogP contribution in [0.2, 0.25) is 5.02 Å². The first-order valence-electron chi connectivity index (χ1n) is 9.62. The number of hydrogen-bond acceptors (Lipinski definition) is 7. The molecule has 0 spiro atoms. The zero-order chi connectivity index (χ0) is 22.0. The Balaban J connectivity index is 1.43. The fourth-order valence-corrected chi connectivity index (χ4v) is 4.37. The Hall–Kier alpha value is -3.04. The third kappa shape index (κ3) is 4.83. The van der Waals surface area contributed by atoms with Gasteiger partial charge in [-0.05, 0) is 38.1 Å². The number of carbonyl (C=O) groups is 2. The van der Waals surface area contributed by atoms with E-state index in [1.54, 1.807) is 43.0 Å². The number of halogens is 1. The Morgan fingerprint density at radius 1 is 1.23 bits per heavy atom. The molecule has 0 saturated heterocycles. The molecule has 0 aliphatic carbocycles. The monoisotopic (exact) mass is 457 g/mol. The van der Waals surface area contributed by atoms with Gasteiger partial charge in [0.25, 0.3) is 11.8 Å². The van der Waals surface area contributed by atoms with Gasteiger partial charge in [0.05, 0.1) is 18.4 Å². The average molecular weight is 458 g/mol. The first kappa shape index (κ1) is 21.2. The highest BCUT2D eigenvalue weighted by Crippen LogP contribution is 2.30. The molecule has 1 aliphatic heterocycles. The van der Waals surface area contributed by atoms with Gasteiger partial charge in [-0.25, -0.2) is 9.97 Å². The summed E-state index contributed by atoms with van der Waals surface area (Å²) in [7, 11) is 0. The van der Waals surface area contributed by atoms with Crippen LogP contribution in [0.4, 0.5) is 5.13 Å². The van der Waals surface area contributed by atoms with Crippen LogP contribution in [0.1, 0.15) is 34.9 Å². The third-order valence-corrected chi connectivity index (χ3v) is 5.99. The molecule has 0 saturated carbocycles. The summed E-state index contributed by atoms with van der Waals surface area (Å²) in [4.78, 5) is 40.5. The number of aromatic nitrogens is 3. The molecule has 3 heterocycles. The maximum Gasteiger partial charge on any atom is 0.277 e. The number of rotatable bonds is 5. The molecule has 160 valence electrons. The zero-order valence-corrected chi connectivity index (χ0v) is 18.5. The van der Waals surface area contributed by atoms with Crippen molar-refractivity contribution in [2.75, 3.05) is 11.9 Å². The molecule has 31 heavy (non-hydrogen) atoms. The number of hydrogen-bond donors (Lipinski definition) is 1. The zero-order valence-electron chi connectivity index (χ0n) is 17.0. The molecule has 1 aliphatic rings. The van der Waals surface area contributed by atoms with Gasteiger partial charge >= 0.3 is 0 Å². The topological polar surface area (TPSA) is 97.3 Å². The Labute approximate surface area is 188 Å². The second-order valence-corrected chi connectivity index (χ2v) is 9.00. The summed E-state index contributed by atoms with van der Waals surface area (Å²) in [6.07, 6.45) is 4.96. The van der Waals surface area contributed by atoms with Crippen LogP contribution in [0.3, 0.4) is 0 Å². The van der Waals surface area contributed by atoms with Crippen molar-refractivity contribution in [3.05, 3.63) is 64.1 Å². The van der Waals surface area contributed by atoms with Crippen LogP contribution in [0.15, 0.2) is 42.9 Å². The lowest BCUT2D eigenvalue weighted by molar-refractivity contribution is -0.146. The van der Waals surface area contributed by atoms with Crippen LogP contribution >= 0.6 is 22.9 Å². The quantitative estimate of drug-likeness (QED) is 0.628. The van der Waals surface area contributed by atoms with Crippen LogP contribution in [0.25, 0.3) is 0 Å².